The van der Waals surface area contributed by atoms with Gasteiger partial charge in [-0.15, -0.1) is 0 Å². The fourth-order valence-corrected chi connectivity index (χ4v) is 3.58. The van der Waals surface area contributed by atoms with Crippen LogP contribution in [0.15, 0.2) is 24.3 Å². The number of aromatic nitrogens is 2. The zero-order chi connectivity index (χ0) is 21.0. The minimum absolute atomic E-state index is 0.0821. The van der Waals surface area contributed by atoms with E-state index in [-0.39, 0.29) is 18.2 Å². The first-order valence-electron chi connectivity index (χ1n) is 10.2. The Bertz CT molecular complexity index is 882. The van der Waals surface area contributed by atoms with Crippen LogP contribution in [0, 0.1) is 19.8 Å². The van der Waals surface area contributed by atoms with Gasteiger partial charge in [-0.2, -0.15) is 5.10 Å². The van der Waals surface area contributed by atoms with Crippen molar-refractivity contribution in [2.45, 2.75) is 40.7 Å². The van der Waals surface area contributed by atoms with Crippen LogP contribution < -0.4 is 5.32 Å². The normalized spacial score (nSPS) is 14.3. The zero-order valence-electron chi connectivity index (χ0n) is 17.7. The largest absolute Gasteiger partial charge is 0.378 e. The van der Waals surface area contributed by atoms with E-state index in [4.69, 9.17) is 4.74 Å². The average Bonchev–Trinajstić information content (AvgIpc) is 2.95. The van der Waals surface area contributed by atoms with Gasteiger partial charge < -0.3 is 15.0 Å². The fraction of sp³-hybridized carbons (Fsp3) is 0.500. The number of hydrogen-bond acceptors (Lipinski definition) is 4. The van der Waals surface area contributed by atoms with Gasteiger partial charge in [-0.05, 0) is 31.9 Å². The van der Waals surface area contributed by atoms with Crippen LogP contribution >= 0.6 is 0 Å². The van der Waals surface area contributed by atoms with E-state index >= 15 is 0 Å². The molecule has 2 amide bonds. The summed E-state index contributed by atoms with van der Waals surface area (Å²) < 4.78 is 7.29. The summed E-state index contributed by atoms with van der Waals surface area (Å²) in [5.41, 5.74) is 3.88. The third-order valence-electron chi connectivity index (χ3n) is 5.14. The van der Waals surface area contributed by atoms with Crippen LogP contribution in [0.2, 0.25) is 0 Å². The molecule has 29 heavy (non-hydrogen) atoms. The molecule has 7 heteroatoms. The summed E-state index contributed by atoms with van der Waals surface area (Å²) in [7, 11) is 0. The van der Waals surface area contributed by atoms with Crippen molar-refractivity contribution in [3.05, 3.63) is 46.8 Å². The second kappa shape index (κ2) is 9.22. The molecule has 1 aliphatic heterocycles. The molecule has 0 unspecified atom stereocenters. The molecule has 156 valence electrons. The van der Waals surface area contributed by atoms with E-state index < -0.39 is 0 Å². The molecule has 0 atom stereocenters. The van der Waals surface area contributed by atoms with E-state index in [2.05, 4.69) is 24.3 Å². The number of aryl methyl sites for hydroxylation is 1. The Labute approximate surface area is 172 Å². The van der Waals surface area contributed by atoms with Crippen molar-refractivity contribution in [2.24, 2.45) is 5.92 Å². The van der Waals surface area contributed by atoms with Crippen LogP contribution in [0.4, 0.5) is 5.69 Å². The van der Waals surface area contributed by atoms with Gasteiger partial charge in [0.15, 0.2) is 0 Å². The molecule has 1 aromatic heterocycles. The number of hydrogen-bond donors (Lipinski definition) is 1. The van der Waals surface area contributed by atoms with Crippen molar-refractivity contribution in [2.75, 3.05) is 31.6 Å². The third-order valence-corrected chi connectivity index (χ3v) is 5.14. The van der Waals surface area contributed by atoms with Crippen molar-refractivity contribution in [3.63, 3.8) is 0 Å². The minimum atomic E-state index is -0.150. The molecule has 0 radical (unpaired) electrons. The highest BCUT2D eigenvalue weighted by molar-refractivity contribution is 6.04. The summed E-state index contributed by atoms with van der Waals surface area (Å²) in [6.45, 7) is 11.3. The van der Waals surface area contributed by atoms with Gasteiger partial charge in [0.1, 0.15) is 0 Å². The molecule has 7 nitrogen and oxygen atoms in total. The van der Waals surface area contributed by atoms with Crippen LogP contribution in [0.1, 0.15) is 41.2 Å². The quantitative estimate of drug-likeness (QED) is 0.812. The number of morpholine rings is 1. The summed E-state index contributed by atoms with van der Waals surface area (Å²) >= 11 is 0. The zero-order valence-corrected chi connectivity index (χ0v) is 17.7. The van der Waals surface area contributed by atoms with Gasteiger partial charge in [0, 0.05) is 30.9 Å². The Kier molecular flexibility index (Phi) is 6.69. The number of nitrogens with zero attached hydrogens (tertiary/aromatic N) is 3. The van der Waals surface area contributed by atoms with E-state index in [1.165, 1.54) is 0 Å². The van der Waals surface area contributed by atoms with E-state index in [1.54, 1.807) is 17.0 Å². The molecule has 0 saturated carbocycles. The molecule has 2 heterocycles. The van der Waals surface area contributed by atoms with Crippen molar-refractivity contribution < 1.29 is 14.3 Å². The molecular weight excluding hydrogens is 368 g/mol. The van der Waals surface area contributed by atoms with Gasteiger partial charge in [-0.1, -0.05) is 26.0 Å². The van der Waals surface area contributed by atoms with Gasteiger partial charge in [-0.25, -0.2) is 0 Å². The Morgan fingerprint density at radius 3 is 2.55 bits per heavy atom. The third kappa shape index (κ3) is 5.03. The topological polar surface area (TPSA) is 76.5 Å². The first kappa shape index (κ1) is 21.0. The number of nitrogens with one attached hydrogen (secondary N) is 1. The van der Waals surface area contributed by atoms with Crippen molar-refractivity contribution in [1.82, 2.24) is 14.7 Å². The van der Waals surface area contributed by atoms with Crippen molar-refractivity contribution in [3.8, 4) is 0 Å². The maximum atomic E-state index is 12.9. The molecular formula is C22H30N4O3. The van der Waals surface area contributed by atoms with Gasteiger partial charge in [-0.3, -0.25) is 14.3 Å². The lowest BCUT2D eigenvalue weighted by molar-refractivity contribution is -0.115. The van der Waals surface area contributed by atoms with Crippen LogP contribution in [0.25, 0.3) is 0 Å². The van der Waals surface area contributed by atoms with Gasteiger partial charge >= 0.3 is 0 Å². The monoisotopic (exact) mass is 398 g/mol. The van der Waals surface area contributed by atoms with Crippen LogP contribution in [0.5, 0.6) is 0 Å². The highest BCUT2D eigenvalue weighted by Gasteiger charge is 2.22. The number of carbonyl (C=O) groups excluding carboxylic acids is 2. The predicted octanol–water partition coefficient (Wildman–Crippen LogP) is 2.81. The van der Waals surface area contributed by atoms with Gasteiger partial charge in [0.2, 0.25) is 5.91 Å². The number of ether oxygens (including phenoxy) is 1. The Balaban J connectivity index is 1.73. The van der Waals surface area contributed by atoms with Gasteiger partial charge in [0.05, 0.1) is 36.6 Å². The molecule has 1 saturated heterocycles. The SMILES string of the molecule is Cc1nn(CC(C)C)c(C)c1CC(=O)Nc1ccccc1C(=O)N1CCOCC1. The second-order valence-electron chi connectivity index (χ2n) is 7.90. The Morgan fingerprint density at radius 2 is 1.86 bits per heavy atom. The summed E-state index contributed by atoms with van der Waals surface area (Å²) in [6.07, 6.45) is 0.232. The second-order valence-corrected chi connectivity index (χ2v) is 7.90. The lowest BCUT2D eigenvalue weighted by atomic mass is 10.1. The molecule has 1 fully saturated rings. The molecule has 1 aliphatic rings. The number of para-hydroxylation sites is 1. The minimum Gasteiger partial charge on any atom is -0.378 e. The van der Waals surface area contributed by atoms with Crippen molar-refractivity contribution >= 4 is 17.5 Å². The molecule has 0 aliphatic carbocycles. The molecule has 1 aromatic carbocycles. The summed E-state index contributed by atoms with van der Waals surface area (Å²) in [5, 5.41) is 7.51. The van der Waals surface area contributed by atoms with Gasteiger partial charge in [0.25, 0.3) is 5.91 Å². The predicted molar refractivity (Wildman–Crippen MR) is 112 cm³/mol. The van der Waals surface area contributed by atoms with Crippen LogP contribution in [-0.4, -0.2) is 52.8 Å². The number of carbonyl (C=O) groups is 2. The summed E-state index contributed by atoms with van der Waals surface area (Å²) in [5.74, 6) is 0.247. The lowest BCUT2D eigenvalue weighted by Crippen LogP contribution is -2.41. The number of anilines is 1. The summed E-state index contributed by atoms with van der Waals surface area (Å²) in [4.78, 5) is 27.4. The van der Waals surface area contributed by atoms with Crippen LogP contribution in [0.3, 0.4) is 0 Å². The van der Waals surface area contributed by atoms with Crippen molar-refractivity contribution in [1.29, 1.82) is 0 Å². The lowest BCUT2D eigenvalue weighted by Gasteiger charge is -2.27. The smallest absolute Gasteiger partial charge is 0.256 e. The highest BCUT2D eigenvalue weighted by Crippen LogP contribution is 2.20. The first-order chi connectivity index (χ1) is 13.9. The molecule has 0 spiro atoms. The van der Waals surface area contributed by atoms with E-state index in [0.717, 1.165) is 23.5 Å². The Morgan fingerprint density at radius 1 is 1.17 bits per heavy atom. The summed E-state index contributed by atoms with van der Waals surface area (Å²) in [6, 6.07) is 7.16. The number of benzene rings is 1. The van der Waals surface area contributed by atoms with E-state index in [0.29, 0.717) is 43.5 Å². The molecule has 1 N–H and O–H groups in total. The number of rotatable bonds is 6. The highest BCUT2D eigenvalue weighted by atomic mass is 16.5. The fourth-order valence-electron chi connectivity index (χ4n) is 3.58. The first-order valence-corrected chi connectivity index (χ1v) is 10.2. The molecule has 3 rings (SSSR count). The number of amides is 2. The Hall–Kier alpha value is -2.67. The van der Waals surface area contributed by atoms with E-state index in [9.17, 15) is 9.59 Å². The van der Waals surface area contributed by atoms with E-state index in [1.807, 2.05) is 30.7 Å². The maximum absolute atomic E-state index is 12.9. The maximum Gasteiger partial charge on any atom is 0.256 e. The molecule has 2 aromatic rings. The van der Waals surface area contributed by atoms with Crippen LogP contribution in [-0.2, 0) is 22.5 Å². The molecule has 0 bridgehead atoms. The standard InChI is InChI=1S/C22H30N4O3/c1-15(2)14-26-17(4)19(16(3)24-26)13-21(27)23-20-8-6-5-7-18(20)22(28)25-9-11-29-12-10-25/h5-8,15H,9-14H2,1-4H3,(H,23,27). The average molecular weight is 399 g/mol.